The summed E-state index contributed by atoms with van der Waals surface area (Å²) in [6, 6.07) is 3.13. The molecule has 0 spiro atoms. The molecule has 10 heavy (non-hydrogen) atoms. The van der Waals surface area contributed by atoms with Crippen LogP contribution in [0.5, 0.6) is 0 Å². The van der Waals surface area contributed by atoms with Crippen molar-refractivity contribution in [2.75, 3.05) is 11.5 Å². The van der Waals surface area contributed by atoms with Crippen LogP contribution in [0, 0.1) is 0 Å². The molecule has 0 saturated heterocycles. The molecule has 0 fully saturated rings. The lowest BCUT2D eigenvalue weighted by molar-refractivity contribution is 1.70. The van der Waals surface area contributed by atoms with Gasteiger partial charge < -0.3 is 11.5 Å². The second-order valence-corrected chi connectivity index (χ2v) is 2.43. The molecule has 0 aromatic heterocycles. The molecule has 0 atom stereocenters. The van der Waals surface area contributed by atoms with Gasteiger partial charge in [-0.1, -0.05) is 17.1 Å². The van der Waals surface area contributed by atoms with Crippen molar-refractivity contribution in [3.05, 3.63) is 17.2 Å². The Morgan fingerprint density at radius 2 is 1.90 bits per heavy atom. The van der Waals surface area contributed by atoms with Crippen molar-refractivity contribution in [2.45, 2.75) is 0 Å². The molecule has 0 saturated carbocycles. The zero-order chi connectivity index (χ0) is 7.72. The van der Waals surface area contributed by atoms with E-state index in [9.17, 15) is 0 Å². The third kappa shape index (κ3) is 1.19. The van der Waals surface area contributed by atoms with Crippen LogP contribution in [-0.2, 0) is 0 Å². The topological polar surface area (TPSA) is 52.0 Å². The number of benzene rings is 1. The van der Waals surface area contributed by atoms with Gasteiger partial charge >= 0.3 is 0 Å². The molecule has 0 amide bonds. The van der Waals surface area contributed by atoms with Crippen LogP contribution in [0.2, 0.25) is 5.02 Å². The van der Waals surface area contributed by atoms with Crippen LogP contribution in [0.15, 0.2) is 12.1 Å². The van der Waals surface area contributed by atoms with Gasteiger partial charge in [0.1, 0.15) is 7.85 Å². The Hall–Kier alpha value is -0.825. The molecule has 1 aromatic carbocycles. The number of nitrogens with two attached hydrogens (primary N) is 2. The minimum Gasteiger partial charge on any atom is -0.398 e. The maximum atomic E-state index is 5.61. The number of hydrogen-bond donors (Lipinski definition) is 2. The second kappa shape index (κ2) is 2.42. The summed E-state index contributed by atoms with van der Waals surface area (Å²) in [5.74, 6) is 0. The van der Waals surface area contributed by atoms with Crippen LogP contribution < -0.4 is 16.9 Å². The zero-order valence-electron chi connectivity index (χ0n) is 5.26. The van der Waals surface area contributed by atoms with E-state index >= 15 is 0 Å². The third-order valence-corrected chi connectivity index (χ3v) is 1.43. The van der Waals surface area contributed by atoms with Crippen LogP contribution in [0.3, 0.4) is 0 Å². The molecular formula is C6H6BClN2. The second-order valence-electron chi connectivity index (χ2n) is 2.00. The maximum Gasteiger partial charge on any atom is 0.116 e. The molecule has 0 aliphatic carbocycles. The summed E-state index contributed by atoms with van der Waals surface area (Å²) in [6.45, 7) is 0. The lowest BCUT2D eigenvalue weighted by Gasteiger charge is -2.03. The van der Waals surface area contributed by atoms with Gasteiger partial charge in [-0.05, 0) is 12.1 Å². The van der Waals surface area contributed by atoms with Crippen molar-refractivity contribution in [1.29, 1.82) is 0 Å². The first-order valence-corrected chi connectivity index (χ1v) is 3.09. The number of anilines is 2. The molecular weight excluding hydrogens is 146 g/mol. The van der Waals surface area contributed by atoms with Gasteiger partial charge in [0.05, 0.1) is 5.69 Å². The minimum atomic E-state index is 0.393. The summed E-state index contributed by atoms with van der Waals surface area (Å²) in [4.78, 5) is 0. The highest BCUT2D eigenvalue weighted by Gasteiger charge is 1.98. The van der Waals surface area contributed by atoms with Gasteiger partial charge in [0.15, 0.2) is 0 Å². The van der Waals surface area contributed by atoms with Crippen molar-refractivity contribution in [3.8, 4) is 0 Å². The summed E-state index contributed by atoms with van der Waals surface area (Å²) in [7, 11) is 5.43. The summed E-state index contributed by atoms with van der Waals surface area (Å²) in [5.41, 5.74) is 12.1. The van der Waals surface area contributed by atoms with E-state index in [1.54, 1.807) is 12.1 Å². The molecule has 0 aliphatic rings. The Labute approximate surface area is 65.6 Å². The summed E-state index contributed by atoms with van der Waals surface area (Å²) in [6.07, 6.45) is 0. The SMILES string of the molecule is [B]c1cc(Cl)cc(N)c1N. The van der Waals surface area contributed by atoms with Gasteiger partial charge in [-0.15, -0.1) is 0 Å². The molecule has 0 heterocycles. The predicted octanol–water partition coefficient (Wildman–Crippen LogP) is 0.298. The number of hydrogen-bond acceptors (Lipinski definition) is 2. The average Bonchev–Trinajstić information content (AvgIpc) is 1.82. The van der Waals surface area contributed by atoms with Crippen LogP contribution >= 0.6 is 11.6 Å². The van der Waals surface area contributed by atoms with E-state index in [-0.39, 0.29) is 0 Å². The van der Waals surface area contributed by atoms with E-state index in [2.05, 4.69) is 0 Å². The van der Waals surface area contributed by atoms with Gasteiger partial charge in [0, 0.05) is 10.7 Å². The van der Waals surface area contributed by atoms with Crippen LogP contribution in [-0.4, -0.2) is 7.85 Å². The van der Waals surface area contributed by atoms with Crippen molar-refractivity contribution < 1.29 is 0 Å². The first-order valence-electron chi connectivity index (χ1n) is 2.71. The number of halogens is 1. The molecule has 1 aromatic rings. The molecule has 4 heteroatoms. The highest BCUT2D eigenvalue weighted by molar-refractivity contribution is 6.39. The minimum absolute atomic E-state index is 0.393. The Morgan fingerprint density at radius 1 is 1.30 bits per heavy atom. The molecule has 1 rings (SSSR count). The van der Waals surface area contributed by atoms with E-state index in [0.717, 1.165) is 0 Å². The monoisotopic (exact) mass is 152 g/mol. The van der Waals surface area contributed by atoms with Gasteiger partial charge in [-0.3, -0.25) is 0 Å². The smallest absolute Gasteiger partial charge is 0.116 e. The van der Waals surface area contributed by atoms with Crippen LogP contribution in [0.4, 0.5) is 11.4 Å². The van der Waals surface area contributed by atoms with Gasteiger partial charge in [0.25, 0.3) is 0 Å². The fraction of sp³-hybridized carbons (Fsp3) is 0. The van der Waals surface area contributed by atoms with E-state index in [1.165, 1.54) is 0 Å². The van der Waals surface area contributed by atoms with E-state index in [1.807, 2.05) is 0 Å². The predicted molar refractivity (Wildman–Crippen MR) is 45.7 cm³/mol. The molecule has 50 valence electrons. The fourth-order valence-corrected chi connectivity index (χ4v) is 0.896. The summed E-state index contributed by atoms with van der Waals surface area (Å²) in [5, 5.41) is 0.504. The van der Waals surface area contributed by atoms with Crippen molar-refractivity contribution in [3.63, 3.8) is 0 Å². The summed E-state index contributed by atoms with van der Waals surface area (Å²) >= 11 is 5.61. The lowest BCUT2D eigenvalue weighted by atomic mass is 9.94. The highest BCUT2D eigenvalue weighted by Crippen LogP contribution is 2.16. The van der Waals surface area contributed by atoms with E-state index in [4.69, 9.17) is 30.9 Å². The Balaban J connectivity index is 3.31. The highest BCUT2D eigenvalue weighted by atomic mass is 35.5. The number of nitrogen functional groups attached to an aromatic ring is 2. The maximum absolute atomic E-state index is 5.61. The molecule has 0 bridgehead atoms. The quantitative estimate of drug-likeness (QED) is 0.415. The molecule has 2 radical (unpaired) electrons. The van der Waals surface area contributed by atoms with Gasteiger partial charge in [0.2, 0.25) is 0 Å². The van der Waals surface area contributed by atoms with Crippen molar-refractivity contribution in [1.82, 2.24) is 0 Å². The van der Waals surface area contributed by atoms with E-state index < -0.39 is 0 Å². The van der Waals surface area contributed by atoms with Crippen LogP contribution in [0.25, 0.3) is 0 Å². The Bertz CT molecular complexity index is 239. The molecule has 4 N–H and O–H groups in total. The zero-order valence-corrected chi connectivity index (χ0v) is 6.02. The van der Waals surface area contributed by atoms with Gasteiger partial charge in [-0.25, -0.2) is 0 Å². The van der Waals surface area contributed by atoms with Crippen LogP contribution in [0.1, 0.15) is 0 Å². The molecule has 0 aliphatic heterocycles. The van der Waals surface area contributed by atoms with E-state index in [0.29, 0.717) is 21.9 Å². The van der Waals surface area contributed by atoms with Crippen molar-refractivity contribution >= 4 is 36.3 Å². The average molecular weight is 152 g/mol. The third-order valence-electron chi connectivity index (χ3n) is 1.21. The first-order chi connectivity index (χ1) is 4.61. The largest absolute Gasteiger partial charge is 0.398 e. The Morgan fingerprint density at radius 3 is 2.40 bits per heavy atom. The normalized spacial score (nSPS) is 9.70. The molecule has 0 unspecified atom stereocenters. The lowest BCUT2D eigenvalue weighted by Crippen LogP contribution is -2.11. The summed E-state index contributed by atoms with van der Waals surface area (Å²) < 4.78 is 0. The number of rotatable bonds is 0. The first kappa shape index (κ1) is 7.28. The van der Waals surface area contributed by atoms with Crippen molar-refractivity contribution in [2.24, 2.45) is 0 Å². The fourth-order valence-electron chi connectivity index (χ4n) is 0.661. The van der Waals surface area contributed by atoms with Gasteiger partial charge in [-0.2, -0.15) is 0 Å². The molecule has 2 nitrogen and oxygen atoms in total. The Kier molecular flexibility index (Phi) is 1.77. The standard InChI is InChI=1S/C6H6BClN2/c7-4-1-3(8)2-5(9)6(4)10/h1-2H,9-10H2.